The number of nitrogens with zero attached hydrogens (tertiary/aromatic N) is 1. The van der Waals surface area contributed by atoms with Gasteiger partial charge in [-0.15, -0.1) is 0 Å². The molecule has 31 heavy (non-hydrogen) atoms. The van der Waals surface area contributed by atoms with Gasteiger partial charge in [-0.05, 0) is 25.8 Å². The number of carbonyl (C=O) groups is 2. The Hall–Kier alpha value is -3.01. The topological polar surface area (TPSA) is 110 Å². The quantitative estimate of drug-likeness (QED) is 0.658. The van der Waals surface area contributed by atoms with Crippen molar-refractivity contribution in [2.75, 3.05) is 13.2 Å². The summed E-state index contributed by atoms with van der Waals surface area (Å²) in [6.45, 7) is 1.11. The van der Waals surface area contributed by atoms with Crippen LogP contribution in [0.25, 0.3) is 10.9 Å². The maximum Gasteiger partial charge on any atom is 0.257 e. The minimum absolute atomic E-state index is 0.00801. The number of aliphatic hydroxyl groups is 1. The van der Waals surface area contributed by atoms with Crippen molar-refractivity contribution in [1.29, 1.82) is 0 Å². The lowest BCUT2D eigenvalue weighted by atomic mass is 10.1. The third-order valence-corrected chi connectivity index (χ3v) is 5.86. The second-order valence-corrected chi connectivity index (χ2v) is 8.04. The molecule has 166 valence electrons. The van der Waals surface area contributed by atoms with Crippen LogP contribution in [0.1, 0.15) is 49.0 Å². The Labute approximate surface area is 176 Å². The average Bonchev–Trinajstić information content (AvgIpc) is 3.25. The Kier molecular flexibility index (Phi) is 5.65. The van der Waals surface area contributed by atoms with E-state index in [4.69, 9.17) is 4.74 Å². The van der Waals surface area contributed by atoms with Gasteiger partial charge in [-0.3, -0.25) is 14.4 Å². The lowest BCUT2D eigenvalue weighted by molar-refractivity contribution is -0.124. The number of aromatic nitrogens is 1. The number of amides is 2. The van der Waals surface area contributed by atoms with Crippen LogP contribution in [0.5, 0.6) is 5.75 Å². The molecular weight excluding hydrogens is 412 g/mol. The van der Waals surface area contributed by atoms with Crippen LogP contribution in [-0.2, 0) is 4.79 Å². The molecule has 1 aliphatic carbocycles. The zero-order chi connectivity index (χ0) is 22.3. The summed E-state index contributed by atoms with van der Waals surface area (Å²) in [4.78, 5) is 38.2. The third-order valence-electron chi connectivity index (χ3n) is 5.86. The van der Waals surface area contributed by atoms with Gasteiger partial charge in [-0.2, -0.15) is 4.39 Å². The Morgan fingerprint density at radius 3 is 2.71 bits per heavy atom. The fourth-order valence-corrected chi connectivity index (χ4v) is 4.16. The summed E-state index contributed by atoms with van der Waals surface area (Å²) in [5.41, 5.74) is -1.10. The molecule has 2 atom stereocenters. The highest BCUT2D eigenvalue weighted by Gasteiger charge is 2.30. The summed E-state index contributed by atoms with van der Waals surface area (Å²) in [6.07, 6.45) is 4.91. The van der Waals surface area contributed by atoms with Gasteiger partial charge in [-0.25, -0.2) is 4.39 Å². The Morgan fingerprint density at radius 2 is 2.03 bits per heavy atom. The number of halogens is 2. The number of hydrogen-bond donors (Lipinski definition) is 3. The molecule has 2 heterocycles. The predicted octanol–water partition coefficient (Wildman–Crippen LogP) is 1.38. The SMILES string of the molecule is CC1COc2c(F)c(F)cc3c(=O)c(C(=O)NC(CO)C(=O)NC4CCCC4)cn1c23. The number of benzene rings is 1. The van der Waals surface area contributed by atoms with E-state index in [1.54, 1.807) is 6.92 Å². The first-order valence-electron chi connectivity index (χ1n) is 10.2. The number of pyridine rings is 1. The molecule has 0 radical (unpaired) electrons. The highest BCUT2D eigenvalue weighted by molar-refractivity contribution is 6.00. The third kappa shape index (κ3) is 3.76. The van der Waals surface area contributed by atoms with Crippen molar-refractivity contribution in [2.45, 2.75) is 50.7 Å². The molecule has 2 aromatic rings. The first kappa shape index (κ1) is 21.2. The molecule has 0 spiro atoms. The summed E-state index contributed by atoms with van der Waals surface area (Å²) < 4.78 is 35.0. The van der Waals surface area contributed by atoms with Crippen molar-refractivity contribution < 1.29 is 28.2 Å². The standard InChI is InChI=1S/C21H23F2N3O5/c1-10-9-31-19-16(23)14(22)6-12-17(19)26(10)7-13(18(12)28)20(29)25-15(8-27)21(30)24-11-4-2-3-5-11/h6-7,10-11,15,27H,2-5,8-9H2,1H3,(H,24,30)(H,25,29). The zero-order valence-corrected chi connectivity index (χ0v) is 16.9. The highest BCUT2D eigenvalue weighted by atomic mass is 19.2. The number of carbonyl (C=O) groups excluding carboxylic acids is 2. The van der Waals surface area contributed by atoms with Gasteiger partial charge < -0.3 is 25.0 Å². The van der Waals surface area contributed by atoms with Gasteiger partial charge in [-0.1, -0.05) is 12.8 Å². The molecule has 1 fully saturated rings. The van der Waals surface area contributed by atoms with E-state index in [-0.39, 0.29) is 40.9 Å². The molecule has 1 aromatic heterocycles. The lowest BCUT2D eigenvalue weighted by Gasteiger charge is -2.27. The number of aliphatic hydroxyl groups excluding tert-OH is 1. The molecule has 10 heteroatoms. The largest absolute Gasteiger partial charge is 0.486 e. The zero-order valence-electron chi connectivity index (χ0n) is 16.9. The van der Waals surface area contributed by atoms with E-state index in [0.29, 0.717) is 0 Å². The van der Waals surface area contributed by atoms with Crippen LogP contribution in [0, 0.1) is 11.6 Å². The average molecular weight is 435 g/mol. The van der Waals surface area contributed by atoms with E-state index in [1.165, 1.54) is 10.8 Å². The fourth-order valence-electron chi connectivity index (χ4n) is 4.16. The highest BCUT2D eigenvalue weighted by Crippen LogP contribution is 2.35. The molecule has 2 aliphatic rings. The molecule has 1 saturated carbocycles. The van der Waals surface area contributed by atoms with Gasteiger partial charge in [0.05, 0.1) is 23.6 Å². The minimum Gasteiger partial charge on any atom is -0.486 e. The van der Waals surface area contributed by atoms with Gasteiger partial charge in [0.25, 0.3) is 5.91 Å². The van der Waals surface area contributed by atoms with Crippen LogP contribution in [0.3, 0.4) is 0 Å². The van der Waals surface area contributed by atoms with Crippen LogP contribution in [0.15, 0.2) is 17.1 Å². The lowest BCUT2D eigenvalue weighted by Crippen LogP contribution is -2.51. The molecule has 0 saturated heterocycles. The second-order valence-electron chi connectivity index (χ2n) is 8.04. The van der Waals surface area contributed by atoms with Gasteiger partial charge >= 0.3 is 0 Å². The Balaban J connectivity index is 1.68. The van der Waals surface area contributed by atoms with Crippen molar-refractivity contribution in [3.05, 3.63) is 39.7 Å². The Bertz CT molecular complexity index is 1110. The van der Waals surface area contributed by atoms with E-state index < -0.39 is 41.5 Å². The van der Waals surface area contributed by atoms with Crippen LogP contribution in [0.4, 0.5) is 8.78 Å². The summed E-state index contributed by atoms with van der Waals surface area (Å²) >= 11 is 0. The second kappa shape index (κ2) is 8.26. The summed E-state index contributed by atoms with van der Waals surface area (Å²) in [5.74, 6) is -4.26. The molecule has 1 aromatic carbocycles. The maximum atomic E-state index is 14.2. The fraction of sp³-hybridized carbons (Fsp3) is 0.476. The van der Waals surface area contributed by atoms with Crippen LogP contribution < -0.4 is 20.8 Å². The molecular formula is C21H23F2N3O5. The molecule has 1 aliphatic heterocycles. The molecule has 2 unspecified atom stereocenters. The number of rotatable bonds is 5. The number of hydrogen-bond acceptors (Lipinski definition) is 5. The molecule has 0 bridgehead atoms. The number of ether oxygens (including phenoxy) is 1. The van der Waals surface area contributed by atoms with E-state index in [0.717, 1.165) is 31.7 Å². The van der Waals surface area contributed by atoms with E-state index in [1.807, 2.05) is 0 Å². The monoisotopic (exact) mass is 435 g/mol. The van der Waals surface area contributed by atoms with Crippen molar-refractivity contribution in [3.63, 3.8) is 0 Å². The molecule has 2 amide bonds. The molecule has 8 nitrogen and oxygen atoms in total. The van der Waals surface area contributed by atoms with Crippen LogP contribution in [0.2, 0.25) is 0 Å². The summed E-state index contributed by atoms with van der Waals surface area (Å²) in [5, 5.41) is 14.6. The van der Waals surface area contributed by atoms with Crippen LogP contribution >= 0.6 is 0 Å². The van der Waals surface area contributed by atoms with E-state index in [2.05, 4.69) is 10.6 Å². The smallest absolute Gasteiger partial charge is 0.257 e. The van der Waals surface area contributed by atoms with Crippen molar-refractivity contribution >= 4 is 22.7 Å². The first-order chi connectivity index (χ1) is 14.8. The first-order valence-corrected chi connectivity index (χ1v) is 10.2. The summed E-state index contributed by atoms with van der Waals surface area (Å²) in [7, 11) is 0. The van der Waals surface area contributed by atoms with E-state index >= 15 is 0 Å². The van der Waals surface area contributed by atoms with Gasteiger partial charge in [0, 0.05) is 12.2 Å². The van der Waals surface area contributed by atoms with Crippen LogP contribution in [-0.4, -0.2) is 46.8 Å². The summed E-state index contributed by atoms with van der Waals surface area (Å²) in [6, 6.07) is -0.870. The van der Waals surface area contributed by atoms with E-state index in [9.17, 15) is 28.3 Å². The predicted molar refractivity (Wildman–Crippen MR) is 107 cm³/mol. The molecule has 4 rings (SSSR count). The maximum absolute atomic E-state index is 14.2. The van der Waals surface area contributed by atoms with Crippen molar-refractivity contribution in [2.24, 2.45) is 0 Å². The van der Waals surface area contributed by atoms with Crippen molar-refractivity contribution in [3.8, 4) is 5.75 Å². The Morgan fingerprint density at radius 1 is 1.32 bits per heavy atom. The minimum atomic E-state index is -1.26. The number of nitrogens with one attached hydrogen (secondary N) is 2. The van der Waals surface area contributed by atoms with Gasteiger partial charge in [0.1, 0.15) is 18.2 Å². The van der Waals surface area contributed by atoms with Gasteiger partial charge in [0.2, 0.25) is 17.2 Å². The molecule has 3 N–H and O–H groups in total. The van der Waals surface area contributed by atoms with Crippen molar-refractivity contribution in [1.82, 2.24) is 15.2 Å². The normalized spacial score (nSPS) is 19.2. The van der Waals surface area contributed by atoms with Gasteiger partial charge in [0.15, 0.2) is 11.6 Å².